The van der Waals surface area contributed by atoms with Gasteiger partial charge in [-0.3, -0.25) is 4.98 Å². The van der Waals surface area contributed by atoms with E-state index in [-0.39, 0.29) is 0 Å². The Labute approximate surface area is 95.9 Å². The van der Waals surface area contributed by atoms with Crippen molar-refractivity contribution in [3.63, 3.8) is 0 Å². The zero-order valence-corrected chi connectivity index (χ0v) is 9.55. The minimum Gasteiger partial charge on any atom is -0.378 e. The Balaban J connectivity index is 2.40. The van der Waals surface area contributed by atoms with E-state index in [1.807, 2.05) is 0 Å². The molecule has 15 heavy (non-hydrogen) atoms. The van der Waals surface area contributed by atoms with E-state index in [0.717, 1.165) is 10.6 Å². The lowest BCUT2D eigenvalue weighted by atomic mass is 10.4. The molecule has 0 spiro atoms. The Morgan fingerprint density at radius 3 is 3.00 bits per heavy atom. The van der Waals surface area contributed by atoms with Crippen LogP contribution in [0.3, 0.4) is 0 Å². The highest BCUT2D eigenvalue weighted by Gasteiger charge is 2.06. The third kappa shape index (κ3) is 2.50. The van der Waals surface area contributed by atoms with Gasteiger partial charge >= 0.3 is 0 Å². The number of aromatic nitrogens is 3. The standard InChI is InChI=1S/C9H8ClN3OS/c1-14-4-6-2-8(10)13-9(12-6)7-3-11-5-15-7/h2-3,5H,4H2,1H3. The topological polar surface area (TPSA) is 47.9 Å². The van der Waals surface area contributed by atoms with Crippen molar-refractivity contribution in [1.29, 1.82) is 0 Å². The lowest BCUT2D eigenvalue weighted by Gasteiger charge is -2.02. The van der Waals surface area contributed by atoms with Gasteiger partial charge in [0.05, 0.1) is 22.7 Å². The quantitative estimate of drug-likeness (QED) is 0.775. The highest BCUT2D eigenvalue weighted by atomic mass is 35.5. The van der Waals surface area contributed by atoms with Crippen LogP contribution in [0.15, 0.2) is 17.8 Å². The molecule has 0 saturated heterocycles. The highest BCUT2D eigenvalue weighted by molar-refractivity contribution is 7.13. The van der Waals surface area contributed by atoms with Gasteiger partial charge in [0, 0.05) is 13.3 Å². The number of methoxy groups -OCH3 is 1. The number of hydrogen-bond donors (Lipinski definition) is 0. The first-order valence-corrected chi connectivity index (χ1v) is 5.46. The molecule has 0 bridgehead atoms. The smallest absolute Gasteiger partial charge is 0.172 e. The number of rotatable bonds is 3. The monoisotopic (exact) mass is 241 g/mol. The summed E-state index contributed by atoms with van der Waals surface area (Å²) in [6, 6.07) is 1.69. The summed E-state index contributed by atoms with van der Waals surface area (Å²) in [5.74, 6) is 0.594. The van der Waals surface area contributed by atoms with E-state index in [1.165, 1.54) is 11.3 Å². The van der Waals surface area contributed by atoms with Crippen LogP contribution in [-0.4, -0.2) is 22.1 Å². The molecule has 78 valence electrons. The summed E-state index contributed by atoms with van der Waals surface area (Å²) in [6.45, 7) is 0.425. The minimum atomic E-state index is 0.417. The van der Waals surface area contributed by atoms with Crippen molar-refractivity contribution in [2.75, 3.05) is 7.11 Å². The Morgan fingerprint density at radius 1 is 1.47 bits per heavy atom. The molecule has 2 aromatic rings. The maximum Gasteiger partial charge on any atom is 0.172 e. The number of nitrogens with zero attached hydrogens (tertiary/aromatic N) is 3. The zero-order chi connectivity index (χ0) is 10.7. The fourth-order valence-corrected chi connectivity index (χ4v) is 1.88. The molecule has 0 aliphatic carbocycles. The maximum atomic E-state index is 5.88. The van der Waals surface area contributed by atoms with Crippen LogP contribution < -0.4 is 0 Å². The first-order valence-electron chi connectivity index (χ1n) is 4.21. The summed E-state index contributed by atoms with van der Waals surface area (Å²) in [5, 5.41) is 0.417. The highest BCUT2D eigenvalue weighted by Crippen LogP contribution is 2.21. The van der Waals surface area contributed by atoms with E-state index in [9.17, 15) is 0 Å². The molecule has 0 amide bonds. The molecule has 0 aliphatic heterocycles. The van der Waals surface area contributed by atoms with Crippen LogP contribution in [0.25, 0.3) is 10.7 Å². The van der Waals surface area contributed by atoms with Crippen LogP contribution in [0.5, 0.6) is 0 Å². The van der Waals surface area contributed by atoms with Crippen LogP contribution in [0.2, 0.25) is 5.15 Å². The van der Waals surface area contributed by atoms with Gasteiger partial charge in [-0.05, 0) is 6.07 Å². The van der Waals surface area contributed by atoms with Gasteiger partial charge in [0.2, 0.25) is 0 Å². The van der Waals surface area contributed by atoms with Crippen molar-refractivity contribution in [2.24, 2.45) is 0 Å². The van der Waals surface area contributed by atoms with E-state index in [0.29, 0.717) is 17.6 Å². The molecule has 0 atom stereocenters. The fourth-order valence-electron chi connectivity index (χ4n) is 1.12. The molecule has 0 fully saturated rings. The van der Waals surface area contributed by atoms with E-state index < -0.39 is 0 Å². The molecule has 2 rings (SSSR count). The molecule has 0 radical (unpaired) electrons. The van der Waals surface area contributed by atoms with Gasteiger partial charge in [0.1, 0.15) is 5.15 Å². The average Bonchev–Trinajstić information content (AvgIpc) is 2.70. The molecular weight excluding hydrogens is 234 g/mol. The molecule has 4 nitrogen and oxygen atoms in total. The fraction of sp³-hybridized carbons (Fsp3) is 0.222. The Bertz CT molecular complexity index is 447. The van der Waals surface area contributed by atoms with Crippen molar-refractivity contribution in [3.8, 4) is 10.7 Å². The van der Waals surface area contributed by atoms with Crippen molar-refractivity contribution in [2.45, 2.75) is 6.61 Å². The summed E-state index contributed by atoms with van der Waals surface area (Å²) in [5.41, 5.74) is 2.50. The Hall–Kier alpha value is -1.04. The molecule has 0 saturated carbocycles. The van der Waals surface area contributed by atoms with Crippen LogP contribution in [0.1, 0.15) is 5.69 Å². The molecule has 2 heterocycles. The van der Waals surface area contributed by atoms with Crippen molar-refractivity contribution >= 4 is 22.9 Å². The van der Waals surface area contributed by atoms with Crippen molar-refractivity contribution in [3.05, 3.63) is 28.6 Å². The summed E-state index contributed by atoms with van der Waals surface area (Å²) >= 11 is 7.36. The van der Waals surface area contributed by atoms with Gasteiger partial charge in [0.25, 0.3) is 0 Å². The normalized spacial score (nSPS) is 10.5. The Kier molecular flexibility index (Phi) is 3.25. The molecular formula is C9H8ClN3OS. The van der Waals surface area contributed by atoms with E-state index in [2.05, 4.69) is 15.0 Å². The number of thiazole rings is 1. The first kappa shape index (κ1) is 10.5. The van der Waals surface area contributed by atoms with Crippen molar-refractivity contribution < 1.29 is 4.74 Å². The second kappa shape index (κ2) is 4.65. The third-order valence-corrected chi connectivity index (χ3v) is 2.66. The molecule has 0 aliphatic rings. The summed E-state index contributed by atoms with van der Waals surface area (Å²) in [4.78, 5) is 13.3. The van der Waals surface area contributed by atoms with Gasteiger partial charge in [-0.1, -0.05) is 11.6 Å². The molecule has 0 aromatic carbocycles. The summed E-state index contributed by atoms with van der Waals surface area (Å²) in [7, 11) is 1.61. The SMILES string of the molecule is COCc1cc(Cl)nc(-c2cncs2)n1. The minimum absolute atomic E-state index is 0.417. The predicted molar refractivity (Wildman–Crippen MR) is 58.9 cm³/mol. The third-order valence-electron chi connectivity index (χ3n) is 1.69. The van der Waals surface area contributed by atoms with Gasteiger partial charge in [-0.25, -0.2) is 9.97 Å². The first-order chi connectivity index (χ1) is 7.29. The lowest BCUT2D eigenvalue weighted by Crippen LogP contribution is -1.96. The van der Waals surface area contributed by atoms with Gasteiger partial charge in [0.15, 0.2) is 5.82 Å². The van der Waals surface area contributed by atoms with E-state index in [1.54, 1.807) is 24.9 Å². The average molecular weight is 242 g/mol. The van der Waals surface area contributed by atoms with Crippen molar-refractivity contribution in [1.82, 2.24) is 15.0 Å². The predicted octanol–water partition coefficient (Wildman–Crippen LogP) is 2.40. The van der Waals surface area contributed by atoms with Crippen LogP contribution in [0.4, 0.5) is 0 Å². The summed E-state index contributed by atoms with van der Waals surface area (Å²) < 4.78 is 4.99. The van der Waals surface area contributed by atoms with Gasteiger partial charge in [-0.15, -0.1) is 11.3 Å². The van der Waals surface area contributed by atoms with E-state index >= 15 is 0 Å². The van der Waals surface area contributed by atoms with Gasteiger partial charge < -0.3 is 4.74 Å². The second-order valence-corrected chi connectivity index (χ2v) is 4.08. The lowest BCUT2D eigenvalue weighted by molar-refractivity contribution is 0.181. The second-order valence-electron chi connectivity index (χ2n) is 2.80. The van der Waals surface area contributed by atoms with Crippen LogP contribution in [-0.2, 0) is 11.3 Å². The number of halogens is 1. The Morgan fingerprint density at radius 2 is 2.33 bits per heavy atom. The molecule has 0 unspecified atom stereocenters. The van der Waals surface area contributed by atoms with Crippen LogP contribution >= 0.6 is 22.9 Å². The molecule has 0 N–H and O–H groups in total. The number of ether oxygens (including phenoxy) is 1. The zero-order valence-electron chi connectivity index (χ0n) is 7.98. The van der Waals surface area contributed by atoms with E-state index in [4.69, 9.17) is 16.3 Å². The largest absolute Gasteiger partial charge is 0.378 e. The van der Waals surface area contributed by atoms with Crippen LogP contribution in [0, 0.1) is 0 Å². The van der Waals surface area contributed by atoms with Gasteiger partial charge in [-0.2, -0.15) is 0 Å². The molecule has 2 aromatic heterocycles. The number of hydrogen-bond acceptors (Lipinski definition) is 5. The molecule has 6 heteroatoms. The summed E-state index contributed by atoms with van der Waals surface area (Å²) in [6.07, 6.45) is 1.72. The maximum absolute atomic E-state index is 5.88.